The highest BCUT2D eigenvalue weighted by atomic mass is 16.2. The number of amides is 2. The van der Waals surface area contributed by atoms with Crippen LogP contribution in [-0.4, -0.2) is 50.3 Å². The Labute approximate surface area is 152 Å². The van der Waals surface area contributed by atoms with E-state index in [9.17, 15) is 9.59 Å². The smallest absolute Gasteiger partial charge is 0.228 e. The minimum Gasteiger partial charge on any atom is -0.339 e. The summed E-state index contributed by atoms with van der Waals surface area (Å²) in [6, 6.07) is 8.48. The predicted molar refractivity (Wildman–Crippen MR) is 97.2 cm³/mol. The summed E-state index contributed by atoms with van der Waals surface area (Å²) in [5.74, 6) is 1.05. The Balaban J connectivity index is 1.31. The van der Waals surface area contributed by atoms with Crippen molar-refractivity contribution in [2.24, 2.45) is 5.92 Å². The molecule has 0 N–H and O–H groups in total. The lowest BCUT2D eigenvalue weighted by Gasteiger charge is -2.30. The molecule has 1 atom stereocenters. The van der Waals surface area contributed by atoms with E-state index >= 15 is 0 Å². The summed E-state index contributed by atoms with van der Waals surface area (Å²) in [6.45, 7) is 2.62. The molecule has 3 aliphatic rings. The zero-order valence-corrected chi connectivity index (χ0v) is 14.9. The number of hydrogen-bond donors (Lipinski definition) is 0. The molecule has 0 spiro atoms. The van der Waals surface area contributed by atoms with E-state index < -0.39 is 0 Å². The molecule has 2 aromatic rings. The van der Waals surface area contributed by atoms with Gasteiger partial charge in [-0.25, -0.2) is 4.98 Å². The van der Waals surface area contributed by atoms with Crippen molar-refractivity contribution in [3.05, 3.63) is 30.1 Å². The van der Waals surface area contributed by atoms with Crippen molar-refractivity contribution in [2.45, 2.75) is 51.2 Å². The largest absolute Gasteiger partial charge is 0.339 e. The lowest BCUT2D eigenvalue weighted by Crippen LogP contribution is -2.42. The summed E-state index contributed by atoms with van der Waals surface area (Å²) < 4.78 is 2.21. The maximum absolute atomic E-state index is 13.0. The molecule has 1 saturated carbocycles. The van der Waals surface area contributed by atoms with Gasteiger partial charge in [-0.15, -0.1) is 0 Å². The summed E-state index contributed by atoms with van der Waals surface area (Å²) in [6.07, 6.45) is 4.98. The van der Waals surface area contributed by atoms with Gasteiger partial charge in [0.2, 0.25) is 11.8 Å². The number of rotatable bonds is 2. The molecule has 0 bridgehead atoms. The first-order chi connectivity index (χ1) is 12.7. The number of para-hydroxylation sites is 2. The molecular weight excluding hydrogens is 328 g/mol. The van der Waals surface area contributed by atoms with E-state index in [2.05, 4.69) is 10.6 Å². The molecule has 1 aromatic heterocycles. The van der Waals surface area contributed by atoms with E-state index in [1.54, 1.807) is 0 Å². The van der Waals surface area contributed by atoms with Crippen molar-refractivity contribution in [2.75, 3.05) is 13.1 Å². The molecule has 0 radical (unpaired) electrons. The van der Waals surface area contributed by atoms with Crippen LogP contribution in [0.1, 0.15) is 37.9 Å². The van der Waals surface area contributed by atoms with Crippen molar-refractivity contribution in [1.29, 1.82) is 0 Å². The third-order valence-electron chi connectivity index (χ3n) is 6.24. The van der Waals surface area contributed by atoms with E-state index in [1.165, 1.54) is 12.8 Å². The Morgan fingerprint density at radius 2 is 1.92 bits per heavy atom. The first kappa shape index (κ1) is 15.9. The van der Waals surface area contributed by atoms with E-state index in [-0.39, 0.29) is 17.7 Å². The van der Waals surface area contributed by atoms with E-state index in [4.69, 9.17) is 4.98 Å². The monoisotopic (exact) mass is 352 g/mol. The molecule has 6 nitrogen and oxygen atoms in total. The van der Waals surface area contributed by atoms with Crippen LogP contribution in [0, 0.1) is 5.92 Å². The fourth-order valence-corrected chi connectivity index (χ4v) is 4.88. The van der Waals surface area contributed by atoms with Gasteiger partial charge in [0.15, 0.2) is 0 Å². The minimum atomic E-state index is -0.181. The number of aromatic nitrogens is 2. The molecule has 1 saturated heterocycles. The molecule has 2 fully saturated rings. The molecule has 6 heteroatoms. The molecule has 136 valence electrons. The highest BCUT2D eigenvalue weighted by Crippen LogP contribution is 2.31. The van der Waals surface area contributed by atoms with Gasteiger partial charge >= 0.3 is 0 Å². The van der Waals surface area contributed by atoms with Crippen LogP contribution in [0.5, 0.6) is 0 Å². The number of nitrogens with zero attached hydrogens (tertiary/aromatic N) is 4. The standard InChI is InChI=1S/C20H24N4O2/c25-19-11-14(12-24(19)15-5-1-2-6-15)20(26)22-9-10-23-17-8-4-3-7-16(17)21-18(23)13-22/h3-4,7-8,14-15H,1-2,5-6,9-13H2/t14-/m0/s1. The summed E-state index contributed by atoms with van der Waals surface area (Å²) in [5.41, 5.74) is 2.12. The van der Waals surface area contributed by atoms with Gasteiger partial charge in [0, 0.05) is 32.1 Å². The van der Waals surface area contributed by atoms with Gasteiger partial charge in [0.25, 0.3) is 0 Å². The number of imidazole rings is 1. The third kappa shape index (κ3) is 2.50. The lowest BCUT2D eigenvalue weighted by atomic mass is 10.1. The van der Waals surface area contributed by atoms with Crippen molar-refractivity contribution < 1.29 is 9.59 Å². The molecule has 0 unspecified atom stereocenters. The van der Waals surface area contributed by atoms with Crippen LogP contribution in [0.4, 0.5) is 0 Å². The van der Waals surface area contributed by atoms with Gasteiger partial charge in [-0.05, 0) is 25.0 Å². The maximum Gasteiger partial charge on any atom is 0.228 e. The number of carbonyl (C=O) groups is 2. The van der Waals surface area contributed by atoms with E-state index in [0.29, 0.717) is 32.1 Å². The molecule has 1 aromatic carbocycles. The molecular formula is C20H24N4O2. The van der Waals surface area contributed by atoms with Gasteiger partial charge in [0.05, 0.1) is 23.5 Å². The Morgan fingerprint density at radius 1 is 1.12 bits per heavy atom. The average molecular weight is 352 g/mol. The van der Waals surface area contributed by atoms with Crippen LogP contribution in [0.3, 0.4) is 0 Å². The first-order valence-corrected chi connectivity index (χ1v) is 9.73. The average Bonchev–Trinajstić information content (AvgIpc) is 3.38. The summed E-state index contributed by atoms with van der Waals surface area (Å²) >= 11 is 0. The second-order valence-corrected chi connectivity index (χ2v) is 7.81. The van der Waals surface area contributed by atoms with Crippen LogP contribution < -0.4 is 0 Å². The van der Waals surface area contributed by atoms with Gasteiger partial charge in [-0.2, -0.15) is 0 Å². The third-order valence-corrected chi connectivity index (χ3v) is 6.24. The van der Waals surface area contributed by atoms with Crippen molar-refractivity contribution in [3.63, 3.8) is 0 Å². The molecule has 3 heterocycles. The van der Waals surface area contributed by atoms with Gasteiger partial charge in [-0.1, -0.05) is 25.0 Å². The van der Waals surface area contributed by atoms with Crippen LogP contribution >= 0.6 is 0 Å². The normalized spacial score (nSPS) is 23.8. The van der Waals surface area contributed by atoms with Crippen molar-refractivity contribution in [3.8, 4) is 0 Å². The first-order valence-electron chi connectivity index (χ1n) is 9.73. The van der Waals surface area contributed by atoms with Gasteiger partial charge in [0.1, 0.15) is 5.82 Å². The van der Waals surface area contributed by atoms with Crippen LogP contribution in [0.15, 0.2) is 24.3 Å². The SMILES string of the molecule is O=C([C@H]1CC(=O)N(C2CCCC2)C1)N1CCn2c(nc3ccccc32)C1. The topological polar surface area (TPSA) is 58.4 Å². The fourth-order valence-electron chi connectivity index (χ4n) is 4.88. The number of benzene rings is 1. The zero-order valence-electron chi connectivity index (χ0n) is 14.9. The van der Waals surface area contributed by atoms with Gasteiger partial charge in [-0.3, -0.25) is 9.59 Å². The number of likely N-dealkylation sites (tertiary alicyclic amines) is 1. The highest BCUT2D eigenvalue weighted by molar-refractivity contribution is 5.89. The van der Waals surface area contributed by atoms with Crippen LogP contribution in [-0.2, 0) is 22.7 Å². The summed E-state index contributed by atoms with van der Waals surface area (Å²) in [5, 5.41) is 0. The molecule has 1 aliphatic carbocycles. The predicted octanol–water partition coefficient (Wildman–Crippen LogP) is 2.17. The second-order valence-electron chi connectivity index (χ2n) is 7.81. The number of carbonyl (C=O) groups excluding carboxylic acids is 2. The summed E-state index contributed by atoms with van der Waals surface area (Å²) in [4.78, 5) is 34.0. The lowest BCUT2D eigenvalue weighted by molar-refractivity contribution is -0.137. The second kappa shape index (κ2) is 6.11. The quantitative estimate of drug-likeness (QED) is 0.832. The Kier molecular flexibility index (Phi) is 3.72. The molecule has 2 aliphatic heterocycles. The van der Waals surface area contributed by atoms with Gasteiger partial charge < -0.3 is 14.4 Å². The zero-order chi connectivity index (χ0) is 17.7. The number of hydrogen-bond acceptors (Lipinski definition) is 3. The van der Waals surface area contributed by atoms with E-state index in [0.717, 1.165) is 36.2 Å². The Morgan fingerprint density at radius 3 is 2.77 bits per heavy atom. The fraction of sp³-hybridized carbons (Fsp3) is 0.550. The van der Waals surface area contributed by atoms with E-state index in [1.807, 2.05) is 28.0 Å². The molecule has 5 rings (SSSR count). The number of fused-ring (bicyclic) bond motifs is 3. The maximum atomic E-state index is 13.0. The van der Waals surface area contributed by atoms with Crippen LogP contribution in [0.2, 0.25) is 0 Å². The molecule has 26 heavy (non-hydrogen) atoms. The van der Waals surface area contributed by atoms with Crippen molar-refractivity contribution in [1.82, 2.24) is 19.4 Å². The molecule has 2 amide bonds. The Bertz CT molecular complexity index is 868. The Hall–Kier alpha value is -2.37. The summed E-state index contributed by atoms with van der Waals surface area (Å²) in [7, 11) is 0. The highest BCUT2D eigenvalue weighted by Gasteiger charge is 2.40. The van der Waals surface area contributed by atoms with Crippen molar-refractivity contribution >= 4 is 22.8 Å². The van der Waals surface area contributed by atoms with Crippen LogP contribution in [0.25, 0.3) is 11.0 Å². The minimum absolute atomic E-state index is 0.122.